The van der Waals surface area contributed by atoms with Crippen LogP contribution in [0, 0.1) is 19.7 Å². The molecular formula is C20H18FN3O2S. The van der Waals surface area contributed by atoms with Gasteiger partial charge < -0.3 is 10.6 Å². The molecule has 0 saturated heterocycles. The molecule has 2 aromatic carbocycles. The highest BCUT2D eigenvalue weighted by molar-refractivity contribution is 7.17. The highest BCUT2D eigenvalue weighted by Crippen LogP contribution is 2.29. The summed E-state index contributed by atoms with van der Waals surface area (Å²) in [5, 5.41) is 6.08. The summed E-state index contributed by atoms with van der Waals surface area (Å²) >= 11 is 1.24. The van der Waals surface area contributed by atoms with Gasteiger partial charge in [-0.25, -0.2) is 9.37 Å². The van der Waals surface area contributed by atoms with Crippen LogP contribution in [0.1, 0.15) is 31.3 Å². The quantitative estimate of drug-likeness (QED) is 0.710. The minimum atomic E-state index is -0.323. The first-order valence-corrected chi connectivity index (χ1v) is 9.08. The molecule has 27 heavy (non-hydrogen) atoms. The van der Waals surface area contributed by atoms with E-state index in [1.54, 1.807) is 51.2 Å². The normalized spacial score (nSPS) is 10.5. The third-order valence-corrected chi connectivity index (χ3v) is 5.35. The molecule has 0 fully saturated rings. The molecule has 2 N–H and O–H groups in total. The number of hydrogen-bond acceptors (Lipinski definition) is 4. The van der Waals surface area contributed by atoms with Crippen molar-refractivity contribution in [2.75, 3.05) is 12.4 Å². The molecule has 3 rings (SSSR count). The number of thiazole rings is 1. The molecule has 0 radical (unpaired) electrons. The van der Waals surface area contributed by atoms with Gasteiger partial charge >= 0.3 is 0 Å². The van der Waals surface area contributed by atoms with E-state index in [-0.39, 0.29) is 17.6 Å². The zero-order valence-electron chi connectivity index (χ0n) is 15.1. The lowest BCUT2D eigenvalue weighted by Crippen LogP contribution is -2.20. The number of rotatable bonds is 4. The van der Waals surface area contributed by atoms with E-state index in [0.717, 1.165) is 5.56 Å². The minimum absolute atomic E-state index is 0.212. The fourth-order valence-electron chi connectivity index (χ4n) is 2.65. The summed E-state index contributed by atoms with van der Waals surface area (Å²) in [5.74, 6) is -0.830. The van der Waals surface area contributed by atoms with Gasteiger partial charge in [0.1, 0.15) is 15.7 Å². The lowest BCUT2D eigenvalue weighted by atomic mass is 10.1. The smallest absolute Gasteiger partial charge is 0.267 e. The van der Waals surface area contributed by atoms with Crippen LogP contribution < -0.4 is 10.6 Å². The number of carbonyl (C=O) groups excluding carboxylic acids is 2. The van der Waals surface area contributed by atoms with Gasteiger partial charge in [-0.2, -0.15) is 0 Å². The summed E-state index contributed by atoms with van der Waals surface area (Å²) < 4.78 is 13.1. The number of hydrogen-bond donors (Lipinski definition) is 2. The van der Waals surface area contributed by atoms with Gasteiger partial charge in [-0.3, -0.25) is 9.59 Å². The van der Waals surface area contributed by atoms with E-state index in [2.05, 4.69) is 15.6 Å². The second-order valence-corrected chi connectivity index (χ2v) is 6.95. The van der Waals surface area contributed by atoms with E-state index in [0.29, 0.717) is 32.4 Å². The maximum absolute atomic E-state index is 13.1. The molecule has 1 heterocycles. The van der Waals surface area contributed by atoms with Crippen LogP contribution in [-0.2, 0) is 0 Å². The molecule has 0 bridgehead atoms. The first-order valence-electron chi connectivity index (χ1n) is 8.27. The average molecular weight is 383 g/mol. The zero-order valence-corrected chi connectivity index (χ0v) is 15.9. The first-order chi connectivity index (χ1) is 12.9. The number of aromatic nitrogens is 1. The van der Waals surface area contributed by atoms with Gasteiger partial charge in [0.2, 0.25) is 0 Å². The Hall–Kier alpha value is -3.06. The highest BCUT2D eigenvalue weighted by Gasteiger charge is 2.18. The molecule has 0 unspecified atom stereocenters. The largest absolute Gasteiger partial charge is 0.355 e. The summed E-state index contributed by atoms with van der Waals surface area (Å²) in [5.41, 5.74) is 3.10. The number of aryl methyl sites for hydroxylation is 1. The van der Waals surface area contributed by atoms with Crippen LogP contribution in [0.5, 0.6) is 0 Å². The maximum Gasteiger partial charge on any atom is 0.267 e. The van der Waals surface area contributed by atoms with Crippen LogP contribution in [0.25, 0.3) is 10.6 Å². The molecule has 1 aromatic heterocycles. The second kappa shape index (κ2) is 7.67. The minimum Gasteiger partial charge on any atom is -0.355 e. The van der Waals surface area contributed by atoms with Crippen LogP contribution in [0.2, 0.25) is 0 Å². The molecular weight excluding hydrogens is 365 g/mol. The van der Waals surface area contributed by atoms with Gasteiger partial charge in [0, 0.05) is 23.9 Å². The first kappa shape index (κ1) is 18.7. The van der Waals surface area contributed by atoms with E-state index in [9.17, 15) is 14.0 Å². The Morgan fingerprint density at radius 3 is 2.41 bits per heavy atom. The van der Waals surface area contributed by atoms with Gasteiger partial charge in [0.05, 0.1) is 5.69 Å². The van der Waals surface area contributed by atoms with Crippen molar-refractivity contribution < 1.29 is 14.0 Å². The average Bonchev–Trinajstić information content (AvgIpc) is 3.05. The summed E-state index contributed by atoms with van der Waals surface area (Å²) in [6, 6.07) is 11.2. The molecule has 5 nitrogen and oxygen atoms in total. The van der Waals surface area contributed by atoms with E-state index >= 15 is 0 Å². The molecule has 0 spiro atoms. The van der Waals surface area contributed by atoms with Gasteiger partial charge in [0.15, 0.2) is 0 Å². The Morgan fingerprint density at radius 1 is 1.04 bits per heavy atom. The molecule has 0 atom stereocenters. The van der Waals surface area contributed by atoms with Crippen molar-refractivity contribution in [1.29, 1.82) is 0 Å². The van der Waals surface area contributed by atoms with E-state index < -0.39 is 0 Å². The van der Waals surface area contributed by atoms with Crippen molar-refractivity contribution in [3.05, 3.63) is 70.0 Å². The molecule has 2 amide bonds. The molecule has 138 valence electrons. The molecule has 0 aliphatic carbocycles. The lowest BCUT2D eigenvalue weighted by Gasteiger charge is -2.11. The molecule has 7 heteroatoms. The standard InChI is InChI=1S/C20H18FN3O2S/c1-11-15(18(25)22-3)5-4-6-16(11)24-19(26)17-12(2)23-20(27-17)13-7-9-14(21)10-8-13/h4-10H,1-3H3,(H,22,25)(H,24,26). The Bertz CT molecular complexity index is 1010. The Labute approximate surface area is 160 Å². The number of anilines is 1. The highest BCUT2D eigenvalue weighted by atomic mass is 32.1. The molecule has 0 aliphatic heterocycles. The van der Waals surface area contributed by atoms with Crippen LogP contribution in [-0.4, -0.2) is 23.8 Å². The monoisotopic (exact) mass is 383 g/mol. The van der Waals surface area contributed by atoms with Crippen molar-refractivity contribution in [1.82, 2.24) is 10.3 Å². The summed E-state index contributed by atoms with van der Waals surface area (Å²) in [6.07, 6.45) is 0. The zero-order chi connectivity index (χ0) is 19.6. The molecule has 0 saturated carbocycles. The third-order valence-electron chi connectivity index (χ3n) is 4.15. The number of amides is 2. The SMILES string of the molecule is CNC(=O)c1cccc(NC(=O)c2sc(-c3ccc(F)cc3)nc2C)c1C. The summed E-state index contributed by atoms with van der Waals surface area (Å²) in [7, 11) is 1.56. The fraction of sp³-hybridized carbons (Fsp3) is 0.150. The lowest BCUT2D eigenvalue weighted by molar-refractivity contribution is 0.0961. The third kappa shape index (κ3) is 3.88. The number of halogens is 1. The van der Waals surface area contributed by atoms with Crippen LogP contribution >= 0.6 is 11.3 Å². The van der Waals surface area contributed by atoms with Crippen molar-refractivity contribution in [3.63, 3.8) is 0 Å². The van der Waals surface area contributed by atoms with E-state index in [1.807, 2.05) is 0 Å². The topological polar surface area (TPSA) is 71.1 Å². The maximum atomic E-state index is 13.1. The van der Waals surface area contributed by atoms with Crippen molar-refractivity contribution >= 4 is 28.8 Å². The van der Waals surface area contributed by atoms with Crippen LogP contribution in [0.4, 0.5) is 10.1 Å². The van der Waals surface area contributed by atoms with Crippen molar-refractivity contribution in [3.8, 4) is 10.6 Å². The Morgan fingerprint density at radius 2 is 1.74 bits per heavy atom. The summed E-state index contributed by atoms with van der Waals surface area (Å²) in [6.45, 7) is 3.54. The molecule has 0 aliphatic rings. The number of carbonyl (C=O) groups is 2. The van der Waals surface area contributed by atoms with Gasteiger partial charge in [-0.1, -0.05) is 6.07 Å². The Balaban J connectivity index is 1.87. The summed E-state index contributed by atoms with van der Waals surface area (Å²) in [4.78, 5) is 29.6. The number of benzene rings is 2. The van der Waals surface area contributed by atoms with Crippen molar-refractivity contribution in [2.24, 2.45) is 0 Å². The van der Waals surface area contributed by atoms with Gasteiger partial charge in [-0.05, 0) is 55.8 Å². The van der Waals surface area contributed by atoms with Crippen molar-refractivity contribution in [2.45, 2.75) is 13.8 Å². The predicted molar refractivity (Wildman–Crippen MR) is 105 cm³/mol. The van der Waals surface area contributed by atoms with Crippen LogP contribution in [0.3, 0.4) is 0 Å². The Kier molecular flexibility index (Phi) is 5.32. The van der Waals surface area contributed by atoms with Gasteiger partial charge in [0.25, 0.3) is 11.8 Å². The molecule has 3 aromatic rings. The number of nitrogens with one attached hydrogen (secondary N) is 2. The fourth-order valence-corrected chi connectivity index (χ4v) is 3.62. The van der Waals surface area contributed by atoms with Crippen LogP contribution in [0.15, 0.2) is 42.5 Å². The van der Waals surface area contributed by atoms with E-state index in [1.165, 1.54) is 23.5 Å². The van der Waals surface area contributed by atoms with E-state index in [4.69, 9.17) is 0 Å². The van der Waals surface area contributed by atoms with Gasteiger partial charge in [-0.15, -0.1) is 11.3 Å². The predicted octanol–water partition coefficient (Wildman–Crippen LogP) is 4.18. The number of nitrogens with zero attached hydrogens (tertiary/aromatic N) is 1. The second-order valence-electron chi connectivity index (χ2n) is 5.95.